The Balaban J connectivity index is 1.11. The van der Waals surface area contributed by atoms with Gasteiger partial charge < -0.3 is 57.8 Å². The van der Waals surface area contributed by atoms with Crippen molar-refractivity contribution in [2.24, 2.45) is 0 Å². The number of hydrogen-bond donors (Lipinski definition) is 3. The van der Waals surface area contributed by atoms with E-state index in [0.717, 1.165) is 11.0 Å². The second-order valence-corrected chi connectivity index (χ2v) is 12.6. The lowest BCUT2D eigenvalue weighted by molar-refractivity contribution is -0.178. The largest absolute Gasteiger partial charge is 0.479 e. The number of nitrogens with zero attached hydrogens (tertiary/aromatic N) is 1. The summed E-state index contributed by atoms with van der Waals surface area (Å²) < 4.78 is 89.5. The number of carboxylic acids is 1. The van der Waals surface area contributed by atoms with E-state index >= 15 is 0 Å². The molecule has 1 aromatic heterocycles. The Bertz CT molecular complexity index is 1760. The normalized spacial score (nSPS) is 15.6. The fourth-order valence-electron chi connectivity index (χ4n) is 5.58. The molecule has 1 saturated heterocycles. The zero-order chi connectivity index (χ0) is 41.1. The number of halogens is 3. The molecule has 3 aromatic rings. The first kappa shape index (κ1) is 45.5. The molecule has 2 atom stereocenters. The number of aliphatic carboxylic acids is 1. The van der Waals surface area contributed by atoms with E-state index in [4.69, 9.17) is 47.7 Å². The average Bonchev–Trinajstić information content (AvgIpc) is 3.59. The number of amides is 1. The Hall–Kier alpha value is -4.18. The van der Waals surface area contributed by atoms with E-state index in [-0.39, 0.29) is 61.9 Å². The van der Waals surface area contributed by atoms with Gasteiger partial charge >= 0.3 is 18.2 Å². The molecular formula is C38H49F3N2O14. The molecule has 4 rings (SSSR count). The van der Waals surface area contributed by atoms with Gasteiger partial charge in [0.1, 0.15) is 0 Å². The molecule has 3 N–H and O–H groups in total. The highest BCUT2D eigenvalue weighted by molar-refractivity contribution is 5.95. The third-order valence-electron chi connectivity index (χ3n) is 8.61. The van der Waals surface area contributed by atoms with Gasteiger partial charge in [0.2, 0.25) is 5.60 Å². The van der Waals surface area contributed by atoms with Gasteiger partial charge in [-0.3, -0.25) is 9.69 Å². The number of benzene rings is 2. The molecule has 1 aliphatic rings. The Morgan fingerprint density at radius 2 is 1.28 bits per heavy atom. The molecular weight excluding hydrogens is 765 g/mol. The lowest BCUT2D eigenvalue weighted by Gasteiger charge is -2.29. The smallest absolute Gasteiger partial charge is 0.417 e. The predicted octanol–water partition coefficient (Wildman–Crippen LogP) is 3.51. The number of ether oxygens (including phenoxy) is 9. The molecule has 16 nitrogen and oxygen atoms in total. The molecule has 316 valence electrons. The number of hydrogen-bond acceptors (Lipinski definition) is 13. The minimum Gasteiger partial charge on any atom is -0.479 e. The molecule has 1 amide bonds. The SMILES string of the molecule is C[C@@](OCCOCCOCCOCCOCCOCCOCCOCCO)(C(=O)O)C1CN(c2ccc3cc(-c4ccccc4C(F)(F)F)[nH]c(=O)c3c2)C(=O)O1. The molecule has 0 radical (unpaired) electrons. The fraction of sp³-hybridized carbons (Fsp3) is 0.553. The van der Waals surface area contributed by atoms with Crippen molar-refractivity contribution in [3.8, 4) is 11.3 Å². The number of aromatic nitrogens is 1. The minimum absolute atomic E-state index is 0.0126. The second-order valence-electron chi connectivity index (χ2n) is 12.6. The Kier molecular flexibility index (Phi) is 18.6. The summed E-state index contributed by atoms with van der Waals surface area (Å²) in [4.78, 5) is 41.9. The number of fused-ring (bicyclic) bond motifs is 1. The summed E-state index contributed by atoms with van der Waals surface area (Å²) in [5.74, 6) is -1.37. The number of aliphatic hydroxyl groups excluding tert-OH is 1. The van der Waals surface area contributed by atoms with E-state index in [1.165, 1.54) is 49.4 Å². The molecule has 2 heterocycles. The molecule has 57 heavy (non-hydrogen) atoms. The number of carbonyl (C=O) groups is 2. The molecule has 2 aromatic carbocycles. The first-order valence-electron chi connectivity index (χ1n) is 18.3. The van der Waals surface area contributed by atoms with E-state index in [0.29, 0.717) is 78.1 Å². The van der Waals surface area contributed by atoms with Crippen LogP contribution in [-0.2, 0) is 53.6 Å². The fourth-order valence-corrected chi connectivity index (χ4v) is 5.58. The summed E-state index contributed by atoms with van der Waals surface area (Å²) in [6, 6.07) is 10.6. The zero-order valence-corrected chi connectivity index (χ0v) is 31.6. The molecule has 1 aliphatic heterocycles. The summed E-state index contributed by atoms with van der Waals surface area (Å²) in [5, 5.41) is 19.1. The number of alkyl halides is 3. The van der Waals surface area contributed by atoms with Crippen LogP contribution < -0.4 is 10.5 Å². The van der Waals surface area contributed by atoms with E-state index in [1.54, 1.807) is 0 Å². The summed E-state index contributed by atoms with van der Waals surface area (Å²) in [6.07, 6.45) is -6.74. The lowest BCUT2D eigenvalue weighted by atomic mass is 9.98. The summed E-state index contributed by atoms with van der Waals surface area (Å²) >= 11 is 0. The molecule has 19 heteroatoms. The average molecular weight is 815 g/mol. The maximum absolute atomic E-state index is 13.6. The van der Waals surface area contributed by atoms with E-state index < -0.39 is 41.1 Å². The van der Waals surface area contributed by atoms with Gasteiger partial charge in [-0.2, -0.15) is 13.2 Å². The third-order valence-corrected chi connectivity index (χ3v) is 8.61. The number of pyridine rings is 1. The van der Waals surface area contributed by atoms with Crippen LogP contribution in [0.15, 0.2) is 53.3 Å². The van der Waals surface area contributed by atoms with Crippen molar-refractivity contribution in [3.05, 3.63) is 64.4 Å². The third kappa shape index (κ3) is 14.0. The van der Waals surface area contributed by atoms with Crippen molar-refractivity contribution in [2.45, 2.75) is 24.8 Å². The number of rotatable bonds is 28. The summed E-state index contributed by atoms with van der Waals surface area (Å²) in [7, 11) is 0. The van der Waals surface area contributed by atoms with Crippen molar-refractivity contribution < 1.29 is 75.6 Å². The van der Waals surface area contributed by atoms with Crippen LogP contribution in [0.3, 0.4) is 0 Å². The maximum atomic E-state index is 13.6. The van der Waals surface area contributed by atoms with Crippen molar-refractivity contribution in [1.82, 2.24) is 4.98 Å². The molecule has 0 saturated carbocycles. The highest BCUT2D eigenvalue weighted by Gasteiger charge is 2.51. The van der Waals surface area contributed by atoms with Gasteiger partial charge in [-0.1, -0.05) is 24.3 Å². The monoisotopic (exact) mass is 814 g/mol. The lowest BCUT2D eigenvalue weighted by Crippen LogP contribution is -2.51. The van der Waals surface area contributed by atoms with Gasteiger partial charge in [0.15, 0.2) is 6.10 Å². The van der Waals surface area contributed by atoms with Crippen molar-refractivity contribution in [1.29, 1.82) is 0 Å². The van der Waals surface area contributed by atoms with Crippen LogP contribution in [0.1, 0.15) is 12.5 Å². The maximum Gasteiger partial charge on any atom is 0.417 e. The van der Waals surface area contributed by atoms with Gasteiger partial charge in [0, 0.05) is 22.3 Å². The van der Waals surface area contributed by atoms with Crippen molar-refractivity contribution in [2.75, 3.05) is 117 Å². The van der Waals surface area contributed by atoms with Gasteiger partial charge in [0.05, 0.1) is 118 Å². The van der Waals surface area contributed by atoms with E-state index in [2.05, 4.69) is 4.98 Å². The van der Waals surface area contributed by atoms with Crippen LogP contribution in [0.4, 0.5) is 23.7 Å². The van der Waals surface area contributed by atoms with E-state index in [1.807, 2.05) is 0 Å². The second kappa shape index (κ2) is 23.3. The quantitative estimate of drug-likeness (QED) is 0.0902. The van der Waals surface area contributed by atoms with Crippen LogP contribution in [0.2, 0.25) is 0 Å². The Morgan fingerprint density at radius 3 is 1.79 bits per heavy atom. The summed E-state index contributed by atoms with van der Waals surface area (Å²) in [6.45, 7) is 5.79. The molecule has 1 unspecified atom stereocenters. The molecule has 0 aliphatic carbocycles. The van der Waals surface area contributed by atoms with Crippen LogP contribution >= 0.6 is 0 Å². The number of cyclic esters (lactones) is 1. The van der Waals surface area contributed by atoms with Crippen LogP contribution in [0, 0.1) is 0 Å². The number of anilines is 1. The van der Waals surface area contributed by atoms with Crippen LogP contribution in [-0.4, -0.2) is 151 Å². The van der Waals surface area contributed by atoms with E-state index in [9.17, 15) is 32.7 Å². The first-order valence-corrected chi connectivity index (χ1v) is 18.3. The number of carboxylic acid groups (broad SMARTS) is 1. The molecule has 0 spiro atoms. The van der Waals surface area contributed by atoms with Gasteiger partial charge in [0.25, 0.3) is 5.56 Å². The van der Waals surface area contributed by atoms with Crippen LogP contribution in [0.5, 0.6) is 0 Å². The Morgan fingerprint density at radius 1 is 0.772 bits per heavy atom. The van der Waals surface area contributed by atoms with Crippen molar-refractivity contribution >= 4 is 28.5 Å². The minimum atomic E-state index is -4.64. The van der Waals surface area contributed by atoms with Gasteiger partial charge in [-0.25, -0.2) is 9.59 Å². The number of H-pyrrole nitrogens is 1. The van der Waals surface area contributed by atoms with Crippen molar-refractivity contribution in [3.63, 3.8) is 0 Å². The number of aliphatic hydroxyl groups is 1. The predicted molar refractivity (Wildman–Crippen MR) is 197 cm³/mol. The first-order chi connectivity index (χ1) is 27.5. The standard InChI is InChI=1S/C38H49F3N2O14/c1-37(35(46)47,56-23-22-55-21-20-54-19-18-53-17-16-52-15-14-51-13-12-50-11-10-49-9-8-44)33-26-43(36(48)57-33)28-7-6-27-24-32(42-34(45)30(27)25-28)29-4-2-3-5-31(29)38(39,40)41/h2-7,24-25,33,44H,8-23,26H2,1H3,(H,42,45)(H,46,47)/t33?,37-/m0/s1. The topological polar surface area (TPSA) is 194 Å². The Labute approximate surface area is 326 Å². The van der Waals surface area contributed by atoms with Gasteiger partial charge in [-0.05, 0) is 36.6 Å². The molecule has 1 fully saturated rings. The van der Waals surface area contributed by atoms with Gasteiger partial charge in [-0.15, -0.1) is 0 Å². The summed E-state index contributed by atoms with van der Waals surface area (Å²) in [5.41, 5.74) is -3.53. The highest BCUT2D eigenvalue weighted by atomic mass is 19.4. The van der Waals surface area contributed by atoms with Crippen LogP contribution in [0.25, 0.3) is 22.0 Å². The number of nitrogens with one attached hydrogen (secondary N) is 1. The molecule has 0 bridgehead atoms. The number of carbonyl (C=O) groups excluding carboxylic acids is 1. The number of aromatic amines is 1. The highest BCUT2D eigenvalue weighted by Crippen LogP contribution is 2.37. The zero-order valence-electron chi connectivity index (χ0n) is 31.6.